The largest absolute Gasteiger partial charge is 0.316 e. The Kier molecular flexibility index (Phi) is 5.17. The molecule has 66 valence electrons. The molecular weight excluding hydrogens is 148 g/mol. The van der Waals surface area contributed by atoms with Crippen molar-refractivity contribution in [2.45, 2.75) is 26.7 Å². The topological polar surface area (TPSA) is 35.8 Å². The van der Waals surface area contributed by atoms with E-state index in [4.69, 9.17) is 11.7 Å². The summed E-state index contributed by atoms with van der Waals surface area (Å²) in [5.74, 6) is 2.55. The van der Waals surface area contributed by atoms with E-state index in [2.05, 4.69) is 17.3 Å². The summed E-state index contributed by atoms with van der Waals surface area (Å²) in [5, 5.41) is 11.9. The van der Waals surface area contributed by atoms with E-state index in [9.17, 15) is 0 Å². The number of hydrogen-bond acceptors (Lipinski definition) is 2. The summed E-state index contributed by atoms with van der Waals surface area (Å²) in [5.41, 5.74) is -0.219. The summed E-state index contributed by atoms with van der Waals surface area (Å²) in [6.07, 6.45) is 6.71. The molecule has 0 saturated carbocycles. The van der Waals surface area contributed by atoms with Crippen LogP contribution in [0.3, 0.4) is 0 Å². The Hall–Kier alpha value is -0.990. The van der Waals surface area contributed by atoms with Crippen LogP contribution >= 0.6 is 0 Å². The lowest BCUT2D eigenvalue weighted by molar-refractivity contribution is 0.434. The van der Waals surface area contributed by atoms with Crippen LogP contribution in [-0.4, -0.2) is 13.1 Å². The monoisotopic (exact) mass is 164 g/mol. The quantitative estimate of drug-likeness (QED) is 0.494. The zero-order valence-corrected chi connectivity index (χ0v) is 7.85. The fraction of sp³-hybridized carbons (Fsp3) is 0.700. The summed E-state index contributed by atoms with van der Waals surface area (Å²) in [4.78, 5) is 0. The molecule has 0 spiro atoms. The van der Waals surface area contributed by atoms with Crippen molar-refractivity contribution in [1.82, 2.24) is 5.32 Å². The Morgan fingerprint density at radius 2 is 2.08 bits per heavy atom. The van der Waals surface area contributed by atoms with E-state index in [0.717, 1.165) is 25.9 Å². The van der Waals surface area contributed by atoms with Crippen molar-refractivity contribution in [1.29, 1.82) is 5.26 Å². The van der Waals surface area contributed by atoms with Gasteiger partial charge in [0.25, 0.3) is 0 Å². The molecule has 0 saturated heterocycles. The van der Waals surface area contributed by atoms with E-state index in [-0.39, 0.29) is 5.41 Å². The molecule has 0 aromatic heterocycles. The fourth-order valence-corrected chi connectivity index (χ4v) is 0.742. The third kappa shape index (κ3) is 5.77. The molecule has 2 heteroatoms. The van der Waals surface area contributed by atoms with Gasteiger partial charge in [0.2, 0.25) is 0 Å². The first-order valence-electron chi connectivity index (χ1n) is 4.18. The highest BCUT2D eigenvalue weighted by Crippen LogP contribution is 2.16. The van der Waals surface area contributed by atoms with Crippen molar-refractivity contribution < 1.29 is 0 Å². The first kappa shape index (κ1) is 11.0. The van der Waals surface area contributed by atoms with E-state index >= 15 is 0 Å². The predicted octanol–water partition coefficient (Wildman–Crippen LogP) is 1.54. The van der Waals surface area contributed by atoms with Gasteiger partial charge in [-0.25, -0.2) is 0 Å². The van der Waals surface area contributed by atoms with Crippen molar-refractivity contribution in [3.05, 3.63) is 0 Å². The van der Waals surface area contributed by atoms with Crippen LogP contribution in [0, 0.1) is 29.1 Å². The third-order valence-electron chi connectivity index (χ3n) is 1.68. The second kappa shape index (κ2) is 5.63. The average Bonchev–Trinajstić information content (AvgIpc) is 2.04. The molecule has 12 heavy (non-hydrogen) atoms. The minimum absolute atomic E-state index is 0.219. The number of hydrogen-bond donors (Lipinski definition) is 1. The lowest BCUT2D eigenvalue weighted by Gasteiger charge is -2.14. The molecule has 1 N–H and O–H groups in total. The summed E-state index contributed by atoms with van der Waals surface area (Å²) in [6.45, 7) is 5.59. The van der Waals surface area contributed by atoms with Gasteiger partial charge in [-0.3, -0.25) is 0 Å². The molecule has 2 nitrogen and oxygen atoms in total. The highest BCUT2D eigenvalue weighted by atomic mass is 14.8. The Morgan fingerprint density at radius 3 is 2.58 bits per heavy atom. The molecule has 0 heterocycles. The van der Waals surface area contributed by atoms with Crippen molar-refractivity contribution in [3.63, 3.8) is 0 Å². The van der Waals surface area contributed by atoms with Gasteiger partial charge in [0, 0.05) is 13.0 Å². The van der Waals surface area contributed by atoms with Crippen molar-refractivity contribution >= 4 is 0 Å². The minimum atomic E-state index is -0.219. The van der Waals surface area contributed by atoms with Crippen LogP contribution < -0.4 is 5.32 Å². The molecule has 0 aliphatic rings. The molecule has 0 aromatic rings. The Balaban J connectivity index is 3.34. The Bertz CT molecular complexity index is 193. The van der Waals surface area contributed by atoms with Gasteiger partial charge in [-0.2, -0.15) is 5.26 Å². The second-order valence-electron chi connectivity index (χ2n) is 3.45. The minimum Gasteiger partial charge on any atom is -0.316 e. The highest BCUT2D eigenvalue weighted by molar-refractivity contribution is 4.92. The third-order valence-corrected chi connectivity index (χ3v) is 1.68. The van der Waals surface area contributed by atoms with E-state index in [1.807, 2.05) is 13.8 Å². The normalized spacial score (nSPS) is 10.3. The Morgan fingerprint density at radius 1 is 1.42 bits per heavy atom. The van der Waals surface area contributed by atoms with Crippen LogP contribution in [0.15, 0.2) is 0 Å². The van der Waals surface area contributed by atoms with E-state index in [1.54, 1.807) is 0 Å². The molecule has 0 radical (unpaired) electrons. The Labute approximate surface area is 75.0 Å². The highest BCUT2D eigenvalue weighted by Gasteiger charge is 2.14. The molecule has 0 aliphatic carbocycles. The molecule has 0 amide bonds. The standard InChI is InChI=1S/C10H16N2/c1-4-5-7-12-8-6-10(2,3)9-11/h1,12H,5-8H2,2-3H3. The average molecular weight is 164 g/mol. The van der Waals surface area contributed by atoms with Gasteiger partial charge in [0.05, 0.1) is 11.5 Å². The fourth-order valence-electron chi connectivity index (χ4n) is 0.742. The summed E-state index contributed by atoms with van der Waals surface area (Å²) in [7, 11) is 0. The lowest BCUT2D eigenvalue weighted by Crippen LogP contribution is -2.22. The molecule has 0 rings (SSSR count). The van der Waals surface area contributed by atoms with E-state index in [1.165, 1.54) is 0 Å². The second-order valence-corrected chi connectivity index (χ2v) is 3.45. The molecule has 0 aliphatic heterocycles. The summed E-state index contributed by atoms with van der Waals surface area (Å²) < 4.78 is 0. The maximum Gasteiger partial charge on any atom is 0.0684 e. The maximum atomic E-state index is 8.69. The number of terminal acetylenes is 1. The van der Waals surface area contributed by atoms with E-state index < -0.39 is 0 Å². The zero-order chi connectivity index (χ0) is 9.45. The van der Waals surface area contributed by atoms with Gasteiger partial charge in [0.1, 0.15) is 0 Å². The van der Waals surface area contributed by atoms with Gasteiger partial charge in [0.15, 0.2) is 0 Å². The van der Waals surface area contributed by atoms with Crippen LogP contribution in [0.5, 0.6) is 0 Å². The first-order valence-corrected chi connectivity index (χ1v) is 4.18. The predicted molar refractivity (Wildman–Crippen MR) is 50.3 cm³/mol. The lowest BCUT2D eigenvalue weighted by atomic mass is 9.91. The van der Waals surface area contributed by atoms with Gasteiger partial charge < -0.3 is 5.32 Å². The summed E-state index contributed by atoms with van der Waals surface area (Å²) in [6, 6.07) is 2.25. The van der Waals surface area contributed by atoms with Gasteiger partial charge >= 0.3 is 0 Å². The van der Waals surface area contributed by atoms with Crippen LogP contribution in [0.2, 0.25) is 0 Å². The molecule has 0 unspecified atom stereocenters. The molecule has 0 fully saturated rings. The molecular formula is C10H16N2. The smallest absolute Gasteiger partial charge is 0.0684 e. The SMILES string of the molecule is C#CCCNCCC(C)(C)C#N. The first-order chi connectivity index (χ1) is 5.62. The number of nitriles is 1. The number of nitrogens with one attached hydrogen (secondary N) is 1. The van der Waals surface area contributed by atoms with Crippen molar-refractivity contribution in [2.24, 2.45) is 5.41 Å². The van der Waals surface area contributed by atoms with Crippen LogP contribution in [0.4, 0.5) is 0 Å². The van der Waals surface area contributed by atoms with E-state index in [0.29, 0.717) is 0 Å². The molecule has 0 aromatic carbocycles. The number of rotatable bonds is 5. The molecule has 0 atom stereocenters. The van der Waals surface area contributed by atoms with Gasteiger partial charge in [-0.1, -0.05) is 0 Å². The van der Waals surface area contributed by atoms with Crippen LogP contribution in [0.1, 0.15) is 26.7 Å². The maximum absolute atomic E-state index is 8.69. The molecule has 0 bridgehead atoms. The van der Waals surface area contributed by atoms with Gasteiger partial charge in [-0.05, 0) is 26.8 Å². The van der Waals surface area contributed by atoms with Gasteiger partial charge in [-0.15, -0.1) is 12.3 Å². The number of nitrogens with zero attached hydrogens (tertiary/aromatic N) is 1. The zero-order valence-electron chi connectivity index (χ0n) is 7.85. The summed E-state index contributed by atoms with van der Waals surface area (Å²) >= 11 is 0. The van der Waals surface area contributed by atoms with Crippen LogP contribution in [0.25, 0.3) is 0 Å². The van der Waals surface area contributed by atoms with Crippen LogP contribution in [-0.2, 0) is 0 Å². The van der Waals surface area contributed by atoms with Crippen molar-refractivity contribution in [2.75, 3.05) is 13.1 Å². The van der Waals surface area contributed by atoms with Crippen molar-refractivity contribution in [3.8, 4) is 18.4 Å².